The van der Waals surface area contributed by atoms with Gasteiger partial charge >= 0.3 is 6.03 Å². The average molecular weight is 460 g/mol. The predicted octanol–water partition coefficient (Wildman–Crippen LogP) is 4.44. The summed E-state index contributed by atoms with van der Waals surface area (Å²) >= 11 is 0. The summed E-state index contributed by atoms with van der Waals surface area (Å²) in [5.41, 5.74) is 4.99. The molecule has 1 N–H and O–H groups in total. The fourth-order valence-corrected chi connectivity index (χ4v) is 5.24. The number of nitrogens with one attached hydrogen (secondary N) is 1. The van der Waals surface area contributed by atoms with Gasteiger partial charge in [-0.2, -0.15) is 0 Å². The molecule has 0 spiro atoms. The Morgan fingerprint density at radius 3 is 2.35 bits per heavy atom. The molecule has 0 bridgehead atoms. The standard InChI is InChI=1S/C27H33N5O2/c1-19-5-7-21(8-6-19)18-28-27(34)31-15-11-23(12-16-31)32-20(2)29-24-17-22(9-10-25(24)32)26(33)30-13-3-4-14-30/h5-10,17,23H,3-4,11-16,18H2,1-2H3,(H,28,34). The van der Waals surface area contributed by atoms with Crippen LogP contribution in [0.2, 0.25) is 0 Å². The number of hydrogen-bond donors (Lipinski definition) is 1. The SMILES string of the molecule is Cc1ccc(CNC(=O)N2CCC(n3c(C)nc4cc(C(=O)N5CCCC5)ccc43)CC2)cc1. The largest absolute Gasteiger partial charge is 0.339 e. The highest BCUT2D eigenvalue weighted by atomic mass is 16.2. The second kappa shape index (κ2) is 9.49. The van der Waals surface area contributed by atoms with Gasteiger partial charge in [0.15, 0.2) is 0 Å². The van der Waals surface area contributed by atoms with Crippen molar-refractivity contribution in [1.82, 2.24) is 24.7 Å². The molecule has 2 fully saturated rings. The third kappa shape index (κ3) is 4.52. The third-order valence-electron chi connectivity index (χ3n) is 7.19. The molecule has 0 aliphatic carbocycles. The van der Waals surface area contributed by atoms with Gasteiger partial charge < -0.3 is 19.7 Å². The van der Waals surface area contributed by atoms with E-state index in [0.29, 0.717) is 12.6 Å². The number of aromatic nitrogens is 2. The van der Waals surface area contributed by atoms with Crippen LogP contribution < -0.4 is 5.32 Å². The van der Waals surface area contributed by atoms with Crippen LogP contribution in [0.4, 0.5) is 4.79 Å². The Hall–Kier alpha value is -3.35. The van der Waals surface area contributed by atoms with Crippen LogP contribution in [0.1, 0.15) is 59.0 Å². The van der Waals surface area contributed by atoms with Crippen LogP contribution in [-0.4, -0.2) is 57.5 Å². The van der Waals surface area contributed by atoms with Gasteiger partial charge in [-0.25, -0.2) is 9.78 Å². The first-order chi connectivity index (χ1) is 16.5. The molecule has 7 heteroatoms. The van der Waals surface area contributed by atoms with Crippen LogP contribution in [0, 0.1) is 13.8 Å². The minimum Gasteiger partial charge on any atom is -0.339 e. The zero-order valence-electron chi connectivity index (χ0n) is 20.1. The van der Waals surface area contributed by atoms with Crippen molar-refractivity contribution in [2.45, 2.75) is 52.1 Å². The summed E-state index contributed by atoms with van der Waals surface area (Å²) < 4.78 is 2.29. The summed E-state index contributed by atoms with van der Waals surface area (Å²) in [5, 5.41) is 3.05. The van der Waals surface area contributed by atoms with Crippen LogP contribution in [-0.2, 0) is 6.54 Å². The molecule has 2 aliphatic heterocycles. The van der Waals surface area contributed by atoms with Crippen LogP contribution in [0.25, 0.3) is 11.0 Å². The fraction of sp³-hybridized carbons (Fsp3) is 0.444. The van der Waals surface area contributed by atoms with Gasteiger partial charge in [0.05, 0.1) is 11.0 Å². The number of nitrogens with zero attached hydrogens (tertiary/aromatic N) is 4. The molecule has 7 nitrogen and oxygen atoms in total. The van der Waals surface area contributed by atoms with Crippen LogP contribution in [0.5, 0.6) is 0 Å². The maximum Gasteiger partial charge on any atom is 0.317 e. The molecule has 0 radical (unpaired) electrons. The van der Waals surface area contributed by atoms with Crippen molar-refractivity contribution in [1.29, 1.82) is 0 Å². The van der Waals surface area contributed by atoms with Crippen molar-refractivity contribution in [2.24, 2.45) is 0 Å². The Kier molecular flexibility index (Phi) is 6.26. The van der Waals surface area contributed by atoms with Crippen LogP contribution in [0.15, 0.2) is 42.5 Å². The van der Waals surface area contributed by atoms with Crippen molar-refractivity contribution in [3.63, 3.8) is 0 Å². The Morgan fingerprint density at radius 1 is 0.941 bits per heavy atom. The van der Waals surface area contributed by atoms with Crippen molar-refractivity contribution in [2.75, 3.05) is 26.2 Å². The van der Waals surface area contributed by atoms with Crippen LogP contribution >= 0.6 is 0 Å². The molecule has 3 heterocycles. The van der Waals surface area contributed by atoms with E-state index in [1.54, 1.807) is 0 Å². The molecular weight excluding hydrogens is 426 g/mol. The third-order valence-corrected chi connectivity index (χ3v) is 7.19. The summed E-state index contributed by atoms with van der Waals surface area (Å²) in [4.78, 5) is 34.1. The Morgan fingerprint density at radius 2 is 1.65 bits per heavy atom. The molecular formula is C27H33N5O2. The van der Waals surface area contributed by atoms with E-state index in [-0.39, 0.29) is 11.9 Å². The minimum atomic E-state index is -0.00342. The highest BCUT2D eigenvalue weighted by Gasteiger charge is 2.27. The number of imidazole rings is 1. The highest BCUT2D eigenvalue weighted by Crippen LogP contribution is 2.29. The Bertz CT molecular complexity index is 1190. The van der Waals surface area contributed by atoms with E-state index in [9.17, 15) is 9.59 Å². The molecule has 2 aliphatic rings. The number of carbonyl (C=O) groups is 2. The van der Waals surface area contributed by atoms with Crippen molar-refractivity contribution >= 4 is 23.0 Å². The highest BCUT2D eigenvalue weighted by molar-refractivity contribution is 5.97. The van der Waals surface area contributed by atoms with E-state index in [2.05, 4.69) is 41.1 Å². The van der Waals surface area contributed by atoms with Gasteiger partial charge in [0.1, 0.15) is 5.82 Å². The number of benzene rings is 2. The molecule has 0 atom stereocenters. The zero-order chi connectivity index (χ0) is 23.7. The summed E-state index contributed by atoms with van der Waals surface area (Å²) in [6, 6.07) is 14.5. The Labute approximate surface area is 200 Å². The van der Waals surface area contributed by atoms with E-state index >= 15 is 0 Å². The predicted molar refractivity (Wildman–Crippen MR) is 133 cm³/mol. The zero-order valence-corrected chi connectivity index (χ0v) is 20.1. The maximum absolute atomic E-state index is 12.8. The second-order valence-corrected chi connectivity index (χ2v) is 9.59. The quantitative estimate of drug-likeness (QED) is 0.627. The number of aryl methyl sites for hydroxylation is 2. The molecule has 3 aromatic rings. The molecule has 5 rings (SSSR count). The number of hydrogen-bond acceptors (Lipinski definition) is 3. The number of rotatable bonds is 4. The van der Waals surface area contributed by atoms with Gasteiger partial charge in [-0.3, -0.25) is 4.79 Å². The lowest BCUT2D eigenvalue weighted by Gasteiger charge is -2.33. The summed E-state index contributed by atoms with van der Waals surface area (Å²) in [6.45, 7) is 7.77. The molecule has 2 aromatic carbocycles. The molecule has 0 saturated carbocycles. The monoisotopic (exact) mass is 459 g/mol. The molecule has 34 heavy (non-hydrogen) atoms. The summed E-state index contributed by atoms with van der Waals surface area (Å²) in [5.74, 6) is 1.07. The molecule has 3 amide bonds. The number of carbonyl (C=O) groups excluding carboxylic acids is 2. The van der Waals surface area contributed by atoms with E-state index in [1.165, 1.54) is 5.56 Å². The van der Waals surface area contributed by atoms with Gasteiger partial charge in [-0.15, -0.1) is 0 Å². The van der Waals surface area contributed by atoms with E-state index in [4.69, 9.17) is 4.98 Å². The number of piperidine rings is 1. The lowest BCUT2D eigenvalue weighted by atomic mass is 10.0. The number of urea groups is 1. The summed E-state index contributed by atoms with van der Waals surface area (Å²) in [7, 11) is 0. The first-order valence-corrected chi connectivity index (χ1v) is 12.4. The van der Waals surface area contributed by atoms with Crippen molar-refractivity contribution < 1.29 is 9.59 Å². The van der Waals surface area contributed by atoms with Crippen molar-refractivity contribution in [3.8, 4) is 0 Å². The maximum atomic E-state index is 12.8. The minimum absolute atomic E-state index is 0.00342. The van der Waals surface area contributed by atoms with Gasteiger partial charge in [-0.1, -0.05) is 29.8 Å². The smallest absolute Gasteiger partial charge is 0.317 e. The first kappa shape index (κ1) is 22.4. The lowest BCUT2D eigenvalue weighted by molar-refractivity contribution is 0.0793. The van der Waals surface area contributed by atoms with Gasteiger partial charge in [0, 0.05) is 44.3 Å². The number of amides is 3. The topological polar surface area (TPSA) is 70.5 Å². The second-order valence-electron chi connectivity index (χ2n) is 9.59. The first-order valence-electron chi connectivity index (χ1n) is 12.4. The van der Waals surface area contributed by atoms with E-state index in [1.807, 2.05) is 34.9 Å². The lowest BCUT2D eigenvalue weighted by Crippen LogP contribution is -2.44. The molecule has 2 saturated heterocycles. The van der Waals surface area contributed by atoms with Crippen LogP contribution in [0.3, 0.4) is 0 Å². The van der Waals surface area contributed by atoms with E-state index in [0.717, 1.165) is 79.8 Å². The van der Waals surface area contributed by atoms with Gasteiger partial charge in [0.25, 0.3) is 5.91 Å². The number of fused-ring (bicyclic) bond motifs is 1. The fourth-order valence-electron chi connectivity index (χ4n) is 5.24. The van der Waals surface area contributed by atoms with Crippen molar-refractivity contribution in [3.05, 3.63) is 65.0 Å². The Balaban J connectivity index is 1.22. The normalized spacial score (nSPS) is 16.9. The summed E-state index contributed by atoms with van der Waals surface area (Å²) in [6.07, 6.45) is 3.95. The van der Waals surface area contributed by atoms with E-state index < -0.39 is 0 Å². The molecule has 0 unspecified atom stereocenters. The van der Waals surface area contributed by atoms with Gasteiger partial charge in [-0.05, 0) is 63.3 Å². The molecule has 178 valence electrons. The molecule has 1 aromatic heterocycles. The average Bonchev–Trinajstić information content (AvgIpc) is 3.50. The number of likely N-dealkylation sites (tertiary alicyclic amines) is 2. The van der Waals surface area contributed by atoms with Gasteiger partial charge in [0.2, 0.25) is 0 Å².